The Kier molecular flexibility index (Phi) is 2.09. The summed E-state index contributed by atoms with van der Waals surface area (Å²) in [6.07, 6.45) is 9.01. The lowest BCUT2D eigenvalue weighted by Crippen LogP contribution is -2.58. The summed E-state index contributed by atoms with van der Waals surface area (Å²) in [4.78, 5) is 0. The van der Waals surface area contributed by atoms with Gasteiger partial charge in [0.25, 0.3) is 0 Å². The van der Waals surface area contributed by atoms with E-state index in [4.69, 9.17) is 0 Å². The standard InChI is InChI=1S/C11H19NS/c1-2-5-11(4-1)6-3-10(11)12-9-7-13-8-9/h9-10,12H,1-8H2. The van der Waals surface area contributed by atoms with Crippen molar-refractivity contribution in [3.8, 4) is 0 Å². The topological polar surface area (TPSA) is 12.0 Å². The van der Waals surface area contributed by atoms with Crippen molar-refractivity contribution in [1.82, 2.24) is 5.32 Å². The van der Waals surface area contributed by atoms with Crippen molar-refractivity contribution in [2.75, 3.05) is 11.5 Å². The van der Waals surface area contributed by atoms with Crippen LogP contribution >= 0.6 is 11.8 Å². The Labute approximate surface area is 85.0 Å². The molecular formula is C11H19NS. The summed E-state index contributed by atoms with van der Waals surface area (Å²) in [7, 11) is 0. The molecule has 13 heavy (non-hydrogen) atoms. The molecule has 2 aliphatic carbocycles. The van der Waals surface area contributed by atoms with E-state index in [-0.39, 0.29) is 0 Å². The minimum atomic E-state index is 0.778. The van der Waals surface area contributed by atoms with Crippen LogP contribution in [0.3, 0.4) is 0 Å². The summed E-state index contributed by atoms with van der Waals surface area (Å²) >= 11 is 2.09. The molecule has 3 aliphatic rings. The van der Waals surface area contributed by atoms with Gasteiger partial charge in [-0.05, 0) is 31.1 Å². The molecule has 0 bridgehead atoms. The first-order chi connectivity index (χ1) is 6.39. The third-order valence-electron chi connectivity index (χ3n) is 4.34. The minimum Gasteiger partial charge on any atom is -0.309 e. The van der Waals surface area contributed by atoms with E-state index in [0.29, 0.717) is 0 Å². The molecule has 1 nitrogen and oxygen atoms in total. The first-order valence-electron chi connectivity index (χ1n) is 5.73. The predicted octanol–water partition coefficient (Wildman–Crippen LogP) is 2.41. The Morgan fingerprint density at radius 1 is 1.08 bits per heavy atom. The number of thioether (sulfide) groups is 1. The fourth-order valence-corrected chi connectivity index (χ4v) is 3.91. The monoisotopic (exact) mass is 197 g/mol. The van der Waals surface area contributed by atoms with E-state index in [1.54, 1.807) is 0 Å². The summed E-state index contributed by atoms with van der Waals surface area (Å²) in [6, 6.07) is 1.77. The maximum absolute atomic E-state index is 3.86. The third kappa shape index (κ3) is 1.33. The normalized spacial score (nSPS) is 37.4. The molecule has 0 radical (unpaired) electrons. The van der Waals surface area contributed by atoms with Crippen molar-refractivity contribution in [2.24, 2.45) is 5.41 Å². The number of rotatable bonds is 2. The lowest BCUT2D eigenvalue weighted by molar-refractivity contribution is 0.0667. The minimum absolute atomic E-state index is 0.778. The van der Waals surface area contributed by atoms with Crippen LogP contribution in [0.25, 0.3) is 0 Å². The van der Waals surface area contributed by atoms with Crippen LogP contribution in [0.15, 0.2) is 0 Å². The molecule has 1 heterocycles. The van der Waals surface area contributed by atoms with Crippen LogP contribution in [0.2, 0.25) is 0 Å². The molecule has 0 aromatic carbocycles. The van der Waals surface area contributed by atoms with Gasteiger partial charge in [-0.15, -0.1) is 0 Å². The van der Waals surface area contributed by atoms with Gasteiger partial charge in [0.05, 0.1) is 0 Å². The smallest absolute Gasteiger partial charge is 0.0251 e. The van der Waals surface area contributed by atoms with Crippen molar-refractivity contribution in [1.29, 1.82) is 0 Å². The summed E-state index contributed by atoms with van der Waals surface area (Å²) in [5, 5.41) is 3.86. The molecule has 2 heteroatoms. The fraction of sp³-hybridized carbons (Fsp3) is 1.00. The third-order valence-corrected chi connectivity index (χ3v) is 5.62. The molecule has 1 spiro atoms. The zero-order chi connectivity index (χ0) is 8.73. The second-order valence-electron chi connectivity index (χ2n) is 5.06. The lowest BCUT2D eigenvalue weighted by atomic mass is 9.63. The van der Waals surface area contributed by atoms with Crippen LogP contribution < -0.4 is 5.32 Å². The van der Waals surface area contributed by atoms with Gasteiger partial charge < -0.3 is 5.32 Å². The quantitative estimate of drug-likeness (QED) is 0.729. The average molecular weight is 197 g/mol. The van der Waals surface area contributed by atoms with E-state index >= 15 is 0 Å². The molecule has 1 aliphatic heterocycles. The highest BCUT2D eigenvalue weighted by atomic mass is 32.2. The molecule has 1 atom stereocenters. The summed E-state index contributed by atoms with van der Waals surface area (Å²) < 4.78 is 0. The Balaban J connectivity index is 1.58. The van der Waals surface area contributed by atoms with Crippen LogP contribution in [0.5, 0.6) is 0 Å². The molecule has 0 amide bonds. The van der Waals surface area contributed by atoms with Crippen LogP contribution in [0.4, 0.5) is 0 Å². The van der Waals surface area contributed by atoms with Gasteiger partial charge in [-0.1, -0.05) is 12.8 Å². The van der Waals surface area contributed by atoms with E-state index in [1.165, 1.54) is 50.0 Å². The van der Waals surface area contributed by atoms with E-state index in [2.05, 4.69) is 17.1 Å². The molecule has 1 N–H and O–H groups in total. The van der Waals surface area contributed by atoms with Crippen molar-refractivity contribution in [3.05, 3.63) is 0 Å². The Morgan fingerprint density at radius 2 is 1.85 bits per heavy atom. The van der Waals surface area contributed by atoms with Gasteiger partial charge in [0.15, 0.2) is 0 Å². The second-order valence-corrected chi connectivity index (χ2v) is 6.14. The number of hydrogen-bond acceptors (Lipinski definition) is 2. The zero-order valence-electron chi connectivity index (χ0n) is 8.22. The average Bonchev–Trinajstić information content (AvgIpc) is 2.49. The molecule has 3 rings (SSSR count). The largest absolute Gasteiger partial charge is 0.309 e. The van der Waals surface area contributed by atoms with Gasteiger partial charge in [-0.2, -0.15) is 11.8 Å². The highest BCUT2D eigenvalue weighted by Gasteiger charge is 2.48. The van der Waals surface area contributed by atoms with Crippen molar-refractivity contribution in [2.45, 2.75) is 50.6 Å². The SMILES string of the molecule is C1CCC2(C1)CCC2NC1CSC1. The van der Waals surface area contributed by atoms with Crippen LogP contribution in [0, 0.1) is 5.41 Å². The van der Waals surface area contributed by atoms with Crippen molar-refractivity contribution in [3.63, 3.8) is 0 Å². The molecular weight excluding hydrogens is 178 g/mol. The van der Waals surface area contributed by atoms with E-state index in [1.807, 2.05) is 0 Å². The van der Waals surface area contributed by atoms with Gasteiger partial charge in [-0.3, -0.25) is 0 Å². The van der Waals surface area contributed by atoms with Gasteiger partial charge in [-0.25, -0.2) is 0 Å². The first-order valence-corrected chi connectivity index (χ1v) is 6.88. The Bertz CT molecular complexity index is 194. The highest BCUT2D eigenvalue weighted by molar-refractivity contribution is 8.00. The molecule has 0 aromatic heterocycles. The van der Waals surface area contributed by atoms with E-state index < -0.39 is 0 Å². The van der Waals surface area contributed by atoms with Crippen LogP contribution in [-0.4, -0.2) is 23.6 Å². The molecule has 1 unspecified atom stereocenters. The molecule has 74 valence electrons. The van der Waals surface area contributed by atoms with Crippen LogP contribution in [-0.2, 0) is 0 Å². The summed E-state index contributed by atoms with van der Waals surface area (Å²) in [6.45, 7) is 0. The van der Waals surface area contributed by atoms with Gasteiger partial charge in [0.1, 0.15) is 0 Å². The highest BCUT2D eigenvalue weighted by Crippen LogP contribution is 2.53. The first kappa shape index (κ1) is 8.60. The van der Waals surface area contributed by atoms with Gasteiger partial charge in [0.2, 0.25) is 0 Å². The van der Waals surface area contributed by atoms with Gasteiger partial charge in [0, 0.05) is 23.6 Å². The molecule has 3 fully saturated rings. The lowest BCUT2D eigenvalue weighted by Gasteiger charge is -2.50. The Morgan fingerprint density at radius 3 is 2.31 bits per heavy atom. The van der Waals surface area contributed by atoms with Gasteiger partial charge >= 0.3 is 0 Å². The summed E-state index contributed by atoms with van der Waals surface area (Å²) in [5.41, 5.74) is 0.778. The van der Waals surface area contributed by atoms with Crippen molar-refractivity contribution >= 4 is 11.8 Å². The number of hydrogen-bond donors (Lipinski definition) is 1. The van der Waals surface area contributed by atoms with Crippen LogP contribution in [0.1, 0.15) is 38.5 Å². The zero-order valence-corrected chi connectivity index (χ0v) is 9.04. The maximum atomic E-state index is 3.86. The molecule has 1 saturated heterocycles. The molecule has 0 aromatic rings. The van der Waals surface area contributed by atoms with Crippen molar-refractivity contribution < 1.29 is 0 Å². The second kappa shape index (κ2) is 3.16. The molecule has 2 saturated carbocycles. The number of nitrogens with one attached hydrogen (secondary N) is 1. The Hall–Kier alpha value is 0.310. The predicted molar refractivity (Wildman–Crippen MR) is 58.2 cm³/mol. The van der Waals surface area contributed by atoms with E-state index in [0.717, 1.165) is 17.5 Å². The maximum Gasteiger partial charge on any atom is 0.0251 e. The summed E-state index contributed by atoms with van der Waals surface area (Å²) in [5.74, 6) is 2.74. The fourth-order valence-electron chi connectivity index (χ4n) is 3.25. The van der Waals surface area contributed by atoms with E-state index in [9.17, 15) is 0 Å².